The fourth-order valence-corrected chi connectivity index (χ4v) is 3.80. The number of carbonyl (C=O) groups excluding carboxylic acids is 1. The Labute approximate surface area is 156 Å². The van der Waals surface area contributed by atoms with Gasteiger partial charge < -0.3 is 29.2 Å². The molecule has 0 aromatic carbocycles. The van der Waals surface area contributed by atoms with Crippen LogP contribution < -0.4 is 0 Å². The van der Waals surface area contributed by atoms with Gasteiger partial charge in [0.1, 0.15) is 17.8 Å². The minimum absolute atomic E-state index is 0.0151. The molecule has 2 aliphatic rings. The lowest BCUT2D eigenvalue weighted by Crippen LogP contribution is -2.61. The van der Waals surface area contributed by atoms with Crippen LogP contribution in [0.25, 0.3) is 0 Å². The van der Waals surface area contributed by atoms with E-state index in [9.17, 15) is 15.0 Å². The third-order valence-electron chi connectivity index (χ3n) is 5.28. The highest BCUT2D eigenvalue weighted by Gasteiger charge is 2.56. The van der Waals surface area contributed by atoms with Crippen molar-refractivity contribution in [3.8, 4) is 0 Å². The van der Waals surface area contributed by atoms with Crippen LogP contribution >= 0.6 is 0 Å². The van der Waals surface area contributed by atoms with E-state index in [4.69, 9.17) is 18.9 Å². The number of unbranched alkanes of at least 4 members (excludes halogenated alkanes) is 1. The predicted molar refractivity (Wildman–Crippen MR) is 94.3 cm³/mol. The molecule has 0 aliphatic carbocycles. The number of aliphatic hydroxyl groups is 2. The molecule has 2 unspecified atom stereocenters. The minimum Gasteiger partial charge on any atom is -0.466 e. The van der Waals surface area contributed by atoms with Gasteiger partial charge in [0.25, 0.3) is 0 Å². The largest absolute Gasteiger partial charge is 0.466 e. The highest BCUT2D eigenvalue weighted by atomic mass is 16.8. The van der Waals surface area contributed by atoms with Gasteiger partial charge in [-0.05, 0) is 40.0 Å². The summed E-state index contributed by atoms with van der Waals surface area (Å²) in [4.78, 5) is 11.7. The smallest absolute Gasteiger partial charge is 0.305 e. The van der Waals surface area contributed by atoms with Crippen molar-refractivity contribution >= 4 is 5.97 Å². The third kappa shape index (κ3) is 4.95. The Balaban J connectivity index is 2.16. The zero-order chi connectivity index (χ0) is 19.4. The lowest BCUT2D eigenvalue weighted by Gasteiger charge is -2.50. The summed E-state index contributed by atoms with van der Waals surface area (Å²) in [7, 11) is 0. The van der Waals surface area contributed by atoms with Crippen LogP contribution in [0, 0.1) is 0 Å². The highest BCUT2D eigenvalue weighted by molar-refractivity contribution is 5.69. The second kappa shape index (κ2) is 8.52. The number of aliphatic hydroxyl groups excluding tert-OH is 1. The number of ether oxygens (including phenoxy) is 4. The van der Waals surface area contributed by atoms with E-state index < -0.39 is 29.2 Å². The Morgan fingerprint density at radius 3 is 2.58 bits per heavy atom. The van der Waals surface area contributed by atoms with Crippen LogP contribution in [0.1, 0.15) is 72.6 Å². The molecule has 0 bridgehead atoms. The maximum Gasteiger partial charge on any atom is 0.305 e. The van der Waals surface area contributed by atoms with Crippen LogP contribution in [0.3, 0.4) is 0 Å². The van der Waals surface area contributed by atoms with Crippen molar-refractivity contribution in [2.24, 2.45) is 0 Å². The molecule has 0 saturated carbocycles. The van der Waals surface area contributed by atoms with E-state index in [-0.39, 0.29) is 25.6 Å². The molecule has 2 rings (SSSR count). The first-order valence-corrected chi connectivity index (χ1v) is 9.74. The third-order valence-corrected chi connectivity index (χ3v) is 5.28. The van der Waals surface area contributed by atoms with E-state index >= 15 is 0 Å². The first kappa shape index (κ1) is 21.6. The SMILES string of the molecule is CCCC[C@]1([C@@H]2COC(C)(C)O2)CCC(O)C(O)(CCC(=O)OCC)O1. The van der Waals surface area contributed by atoms with Crippen molar-refractivity contribution in [1.82, 2.24) is 0 Å². The van der Waals surface area contributed by atoms with Crippen molar-refractivity contribution in [2.75, 3.05) is 13.2 Å². The van der Waals surface area contributed by atoms with Crippen molar-refractivity contribution in [3.05, 3.63) is 0 Å². The molecule has 152 valence electrons. The zero-order valence-electron chi connectivity index (χ0n) is 16.5. The molecule has 4 atom stereocenters. The molecule has 0 amide bonds. The normalized spacial score (nSPS) is 36.8. The monoisotopic (exact) mass is 374 g/mol. The van der Waals surface area contributed by atoms with Crippen molar-refractivity contribution < 1.29 is 34.0 Å². The topological polar surface area (TPSA) is 94.5 Å². The number of rotatable bonds is 8. The molecule has 2 aliphatic heterocycles. The molecule has 0 spiro atoms. The molecular weight excluding hydrogens is 340 g/mol. The first-order chi connectivity index (χ1) is 12.2. The molecule has 2 N–H and O–H groups in total. The van der Waals surface area contributed by atoms with Crippen molar-refractivity contribution in [3.63, 3.8) is 0 Å². The van der Waals surface area contributed by atoms with Gasteiger partial charge in [-0.15, -0.1) is 0 Å². The van der Waals surface area contributed by atoms with Gasteiger partial charge in [-0.1, -0.05) is 19.8 Å². The molecule has 26 heavy (non-hydrogen) atoms. The summed E-state index contributed by atoms with van der Waals surface area (Å²) < 4.78 is 22.9. The number of hydrogen-bond donors (Lipinski definition) is 2. The lowest BCUT2D eigenvalue weighted by atomic mass is 9.80. The molecule has 2 fully saturated rings. The molecular formula is C19H34O7. The number of carbonyl (C=O) groups is 1. The maximum absolute atomic E-state index is 11.7. The number of hydrogen-bond acceptors (Lipinski definition) is 7. The Morgan fingerprint density at radius 1 is 1.27 bits per heavy atom. The van der Waals surface area contributed by atoms with Gasteiger partial charge in [0, 0.05) is 6.42 Å². The summed E-state index contributed by atoms with van der Waals surface area (Å²) in [6.07, 6.45) is 2.12. The Kier molecular flexibility index (Phi) is 7.07. The molecule has 0 aromatic rings. The predicted octanol–water partition coefficient (Wildman–Crippen LogP) is 2.27. The summed E-state index contributed by atoms with van der Waals surface area (Å²) >= 11 is 0. The van der Waals surface area contributed by atoms with Crippen LogP contribution in [0.5, 0.6) is 0 Å². The van der Waals surface area contributed by atoms with E-state index in [0.717, 1.165) is 12.8 Å². The summed E-state index contributed by atoms with van der Waals surface area (Å²) in [6.45, 7) is 8.18. The van der Waals surface area contributed by atoms with E-state index in [1.165, 1.54) is 0 Å². The van der Waals surface area contributed by atoms with Crippen molar-refractivity contribution in [2.45, 2.75) is 102 Å². The number of esters is 1. The van der Waals surface area contributed by atoms with Gasteiger partial charge in [-0.3, -0.25) is 4.79 Å². The zero-order valence-corrected chi connectivity index (χ0v) is 16.5. The van der Waals surface area contributed by atoms with Crippen LogP contribution in [0.2, 0.25) is 0 Å². The van der Waals surface area contributed by atoms with E-state index in [0.29, 0.717) is 25.9 Å². The van der Waals surface area contributed by atoms with Gasteiger partial charge in [-0.25, -0.2) is 0 Å². The average molecular weight is 374 g/mol. The minimum atomic E-state index is -1.80. The highest BCUT2D eigenvalue weighted by Crippen LogP contribution is 2.45. The summed E-state index contributed by atoms with van der Waals surface area (Å²) in [5, 5.41) is 21.4. The van der Waals surface area contributed by atoms with Gasteiger partial charge >= 0.3 is 5.97 Å². The van der Waals surface area contributed by atoms with Gasteiger partial charge in [0.2, 0.25) is 0 Å². The standard InChI is InChI=1S/C19H34O7/c1-5-7-10-18(15-13-24-17(3,4)25-15)11-8-14(20)19(22,26-18)12-9-16(21)23-6-2/h14-15,20,22H,5-13H2,1-4H3/t14?,15-,18+,19?/m0/s1. The summed E-state index contributed by atoms with van der Waals surface area (Å²) in [5.41, 5.74) is -0.744. The molecule has 2 heterocycles. The van der Waals surface area contributed by atoms with Crippen LogP contribution in [0.4, 0.5) is 0 Å². The van der Waals surface area contributed by atoms with E-state index in [1.54, 1.807) is 6.92 Å². The quantitative estimate of drug-likeness (QED) is 0.629. The second-order valence-corrected chi connectivity index (χ2v) is 7.79. The van der Waals surface area contributed by atoms with Crippen molar-refractivity contribution in [1.29, 1.82) is 0 Å². The fraction of sp³-hybridized carbons (Fsp3) is 0.947. The fourth-order valence-electron chi connectivity index (χ4n) is 3.80. The van der Waals surface area contributed by atoms with Gasteiger partial charge in [0.05, 0.1) is 19.6 Å². The second-order valence-electron chi connectivity index (χ2n) is 7.79. The molecule has 2 saturated heterocycles. The maximum atomic E-state index is 11.7. The first-order valence-electron chi connectivity index (χ1n) is 9.74. The van der Waals surface area contributed by atoms with E-state index in [1.807, 2.05) is 13.8 Å². The van der Waals surface area contributed by atoms with Crippen LogP contribution in [-0.4, -0.2) is 58.8 Å². The molecule has 7 heteroatoms. The van der Waals surface area contributed by atoms with Crippen LogP contribution in [-0.2, 0) is 23.7 Å². The Morgan fingerprint density at radius 2 is 2.00 bits per heavy atom. The lowest BCUT2D eigenvalue weighted by molar-refractivity contribution is -0.353. The summed E-state index contributed by atoms with van der Waals surface area (Å²) in [5.74, 6) is -2.91. The Hall–Kier alpha value is -0.730. The molecule has 0 aromatic heterocycles. The van der Waals surface area contributed by atoms with Gasteiger partial charge in [-0.2, -0.15) is 0 Å². The summed E-state index contributed by atoms with van der Waals surface area (Å²) in [6, 6.07) is 0. The van der Waals surface area contributed by atoms with Gasteiger partial charge in [0.15, 0.2) is 11.6 Å². The Bertz CT molecular complexity index is 477. The average Bonchev–Trinajstić information content (AvgIpc) is 2.95. The van der Waals surface area contributed by atoms with Crippen LogP contribution in [0.15, 0.2) is 0 Å². The molecule has 7 nitrogen and oxygen atoms in total. The van der Waals surface area contributed by atoms with E-state index in [2.05, 4.69) is 6.92 Å². The molecule has 0 radical (unpaired) electrons.